The van der Waals surface area contributed by atoms with Crippen LogP contribution in [0, 0.1) is 0 Å². The van der Waals surface area contributed by atoms with E-state index in [4.69, 9.17) is 0 Å². The zero-order valence-electron chi connectivity index (χ0n) is 11.3. The van der Waals surface area contributed by atoms with Crippen LogP contribution in [0.4, 0.5) is 0 Å². The first-order valence-corrected chi connectivity index (χ1v) is 8.16. The maximum absolute atomic E-state index is 12.4. The van der Waals surface area contributed by atoms with Gasteiger partial charge in [0.1, 0.15) is 6.29 Å². The number of hydrogen-bond donors (Lipinski definition) is 0. The molecule has 0 radical (unpaired) electrons. The number of carbonyl (C=O) groups excluding carboxylic acids is 2. The summed E-state index contributed by atoms with van der Waals surface area (Å²) in [7, 11) is 0. The van der Waals surface area contributed by atoms with Crippen molar-refractivity contribution < 1.29 is 9.59 Å². The van der Waals surface area contributed by atoms with E-state index in [0.29, 0.717) is 18.4 Å². The van der Waals surface area contributed by atoms with Crippen LogP contribution in [0.25, 0.3) is 0 Å². The Morgan fingerprint density at radius 2 is 1.76 bits per heavy atom. The Morgan fingerprint density at radius 1 is 1.05 bits per heavy atom. The minimum Gasteiger partial charge on any atom is -0.303 e. The Bertz CT molecular complexity index is 635. The van der Waals surface area contributed by atoms with Gasteiger partial charge in [-0.1, -0.05) is 56.1 Å². The predicted molar refractivity (Wildman–Crippen MR) is 90.7 cm³/mol. The largest absolute Gasteiger partial charge is 0.303 e. The molecule has 2 rings (SSSR count). The van der Waals surface area contributed by atoms with Gasteiger partial charge in [0.05, 0.1) is 0 Å². The van der Waals surface area contributed by atoms with Crippen LogP contribution >= 0.6 is 31.9 Å². The number of Topliss-reactive ketones (excluding diaryl/α,β-unsaturated/α-hetero) is 1. The van der Waals surface area contributed by atoms with Gasteiger partial charge >= 0.3 is 0 Å². The molecule has 2 nitrogen and oxygen atoms in total. The summed E-state index contributed by atoms with van der Waals surface area (Å²) < 4.78 is 1.86. The van der Waals surface area contributed by atoms with Gasteiger partial charge < -0.3 is 4.79 Å². The highest BCUT2D eigenvalue weighted by atomic mass is 79.9. The van der Waals surface area contributed by atoms with E-state index in [9.17, 15) is 9.59 Å². The van der Waals surface area contributed by atoms with Crippen molar-refractivity contribution in [2.75, 3.05) is 0 Å². The molecule has 0 N–H and O–H groups in total. The molecule has 2 aromatic carbocycles. The standard InChI is InChI=1S/C17H14Br2O2/c18-15-6-4-12(5-7-15)13(8-9-20)11-17(21)14-2-1-3-16(19)10-14/h1-7,9-10,13H,8,11H2/t13-/m0/s1. The minimum atomic E-state index is -0.0814. The van der Waals surface area contributed by atoms with Gasteiger partial charge in [-0.05, 0) is 35.7 Å². The van der Waals surface area contributed by atoms with Crippen molar-refractivity contribution >= 4 is 43.9 Å². The maximum atomic E-state index is 12.4. The number of hydrogen-bond acceptors (Lipinski definition) is 2. The fourth-order valence-corrected chi connectivity index (χ4v) is 2.86. The van der Waals surface area contributed by atoms with Gasteiger partial charge in [0, 0.05) is 27.4 Å². The molecule has 2 aromatic rings. The van der Waals surface area contributed by atoms with Crippen molar-refractivity contribution in [2.45, 2.75) is 18.8 Å². The number of halogens is 2. The van der Waals surface area contributed by atoms with Gasteiger partial charge in [0.2, 0.25) is 0 Å². The summed E-state index contributed by atoms with van der Waals surface area (Å²) >= 11 is 6.75. The average molecular weight is 410 g/mol. The molecule has 21 heavy (non-hydrogen) atoms. The molecule has 1 atom stereocenters. The Kier molecular flexibility index (Phi) is 5.88. The highest BCUT2D eigenvalue weighted by Crippen LogP contribution is 2.26. The lowest BCUT2D eigenvalue weighted by Gasteiger charge is -2.14. The normalized spacial score (nSPS) is 11.9. The van der Waals surface area contributed by atoms with E-state index in [1.807, 2.05) is 42.5 Å². The quantitative estimate of drug-likeness (QED) is 0.487. The fourth-order valence-electron chi connectivity index (χ4n) is 2.19. The van der Waals surface area contributed by atoms with Crippen LogP contribution < -0.4 is 0 Å². The lowest BCUT2D eigenvalue weighted by Crippen LogP contribution is -2.08. The van der Waals surface area contributed by atoms with Gasteiger partial charge in [0.15, 0.2) is 5.78 Å². The van der Waals surface area contributed by atoms with Gasteiger partial charge in [-0.3, -0.25) is 4.79 Å². The lowest BCUT2D eigenvalue weighted by molar-refractivity contribution is -0.108. The summed E-state index contributed by atoms with van der Waals surface area (Å²) in [5.41, 5.74) is 1.67. The number of aldehydes is 1. The first-order chi connectivity index (χ1) is 10.1. The van der Waals surface area contributed by atoms with Crippen LogP contribution in [-0.2, 0) is 4.79 Å². The number of rotatable bonds is 6. The molecule has 0 aromatic heterocycles. The van der Waals surface area contributed by atoms with E-state index in [2.05, 4.69) is 31.9 Å². The molecule has 0 saturated carbocycles. The zero-order valence-corrected chi connectivity index (χ0v) is 14.4. The highest BCUT2D eigenvalue weighted by molar-refractivity contribution is 9.10. The number of carbonyl (C=O) groups is 2. The molecule has 0 unspecified atom stereocenters. The third-order valence-electron chi connectivity index (χ3n) is 3.30. The molecular weight excluding hydrogens is 396 g/mol. The highest BCUT2D eigenvalue weighted by Gasteiger charge is 2.17. The summed E-state index contributed by atoms with van der Waals surface area (Å²) in [6, 6.07) is 15.1. The Balaban J connectivity index is 2.18. The second-order valence-corrected chi connectivity index (χ2v) is 6.62. The molecule has 0 heterocycles. The molecule has 0 aliphatic carbocycles. The van der Waals surface area contributed by atoms with E-state index in [1.54, 1.807) is 6.07 Å². The molecule has 4 heteroatoms. The van der Waals surface area contributed by atoms with Crippen molar-refractivity contribution in [1.82, 2.24) is 0 Å². The van der Waals surface area contributed by atoms with Gasteiger partial charge in [-0.15, -0.1) is 0 Å². The predicted octanol–water partition coefficient (Wildman–Crippen LogP) is 5.16. The third kappa shape index (κ3) is 4.61. The second-order valence-electron chi connectivity index (χ2n) is 4.79. The fraction of sp³-hybridized carbons (Fsp3) is 0.176. The van der Waals surface area contributed by atoms with Crippen LogP contribution in [0.15, 0.2) is 57.5 Å². The van der Waals surface area contributed by atoms with Crippen molar-refractivity contribution in [3.05, 3.63) is 68.6 Å². The first-order valence-electron chi connectivity index (χ1n) is 6.58. The molecule has 0 aliphatic heterocycles. The zero-order chi connectivity index (χ0) is 15.2. The second kappa shape index (κ2) is 7.66. The topological polar surface area (TPSA) is 34.1 Å². The summed E-state index contributed by atoms with van der Waals surface area (Å²) in [5.74, 6) is -0.0341. The van der Waals surface area contributed by atoms with Gasteiger partial charge in [-0.25, -0.2) is 0 Å². The summed E-state index contributed by atoms with van der Waals surface area (Å²) in [5, 5.41) is 0. The minimum absolute atomic E-state index is 0.0473. The molecule has 0 amide bonds. The van der Waals surface area contributed by atoms with Crippen molar-refractivity contribution in [3.63, 3.8) is 0 Å². The molecule has 108 valence electrons. The average Bonchev–Trinajstić information content (AvgIpc) is 2.47. The van der Waals surface area contributed by atoms with E-state index in [-0.39, 0.29) is 11.7 Å². The molecule has 0 aliphatic rings. The monoisotopic (exact) mass is 408 g/mol. The molecule has 0 saturated heterocycles. The van der Waals surface area contributed by atoms with Crippen LogP contribution in [0.1, 0.15) is 34.7 Å². The van der Waals surface area contributed by atoms with Gasteiger partial charge in [0.25, 0.3) is 0 Å². The third-order valence-corrected chi connectivity index (χ3v) is 4.32. The molecule has 0 bridgehead atoms. The van der Waals surface area contributed by atoms with Crippen LogP contribution in [0.2, 0.25) is 0 Å². The summed E-state index contributed by atoms with van der Waals surface area (Å²) in [4.78, 5) is 23.3. The lowest BCUT2D eigenvalue weighted by atomic mass is 9.89. The van der Waals surface area contributed by atoms with Crippen LogP contribution in [0.3, 0.4) is 0 Å². The smallest absolute Gasteiger partial charge is 0.163 e. The van der Waals surface area contributed by atoms with Crippen molar-refractivity contribution in [2.24, 2.45) is 0 Å². The van der Waals surface area contributed by atoms with Crippen molar-refractivity contribution in [3.8, 4) is 0 Å². The Morgan fingerprint density at radius 3 is 2.38 bits per heavy atom. The van der Waals surface area contributed by atoms with Crippen molar-refractivity contribution in [1.29, 1.82) is 0 Å². The van der Waals surface area contributed by atoms with E-state index in [1.165, 1.54) is 0 Å². The Labute approximate surface area is 140 Å². The summed E-state index contributed by atoms with van der Waals surface area (Å²) in [6.45, 7) is 0. The summed E-state index contributed by atoms with van der Waals surface area (Å²) in [6.07, 6.45) is 1.55. The van der Waals surface area contributed by atoms with E-state index < -0.39 is 0 Å². The first kappa shape index (κ1) is 16.1. The molecule has 0 spiro atoms. The van der Waals surface area contributed by atoms with Crippen LogP contribution in [0.5, 0.6) is 0 Å². The van der Waals surface area contributed by atoms with Crippen LogP contribution in [-0.4, -0.2) is 12.1 Å². The number of ketones is 1. The molecular formula is C17H14Br2O2. The van der Waals surface area contributed by atoms with E-state index in [0.717, 1.165) is 20.8 Å². The van der Waals surface area contributed by atoms with Gasteiger partial charge in [-0.2, -0.15) is 0 Å². The Hall–Kier alpha value is -1.26. The molecule has 0 fully saturated rings. The van der Waals surface area contributed by atoms with E-state index >= 15 is 0 Å². The maximum Gasteiger partial charge on any atom is 0.163 e. The number of benzene rings is 2. The SMILES string of the molecule is O=CC[C@@H](CC(=O)c1cccc(Br)c1)c1ccc(Br)cc1.